The first-order valence-electron chi connectivity index (χ1n) is 10.9. The average Bonchev–Trinajstić information content (AvgIpc) is 3.35. The van der Waals surface area contributed by atoms with E-state index < -0.39 is 0 Å². The zero-order chi connectivity index (χ0) is 19.6. The van der Waals surface area contributed by atoms with Crippen LogP contribution in [0.25, 0.3) is 10.2 Å². The Balaban J connectivity index is 1.18. The van der Waals surface area contributed by atoms with Gasteiger partial charge >= 0.3 is 0 Å². The Bertz CT molecular complexity index is 962. The molecule has 5 rings (SSSR count). The second-order valence-electron chi connectivity index (χ2n) is 8.46. The minimum atomic E-state index is 0.519. The number of hydrogen-bond donors (Lipinski definition) is 1. The zero-order valence-corrected chi connectivity index (χ0v) is 17.9. The van der Waals surface area contributed by atoms with Gasteiger partial charge in [-0.15, -0.1) is 11.3 Å². The Labute approximate surface area is 176 Å². The first-order chi connectivity index (χ1) is 14.3. The van der Waals surface area contributed by atoms with Crippen LogP contribution >= 0.6 is 11.3 Å². The molecule has 0 amide bonds. The molecule has 0 aliphatic heterocycles. The number of anilines is 1. The van der Waals surface area contributed by atoms with Gasteiger partial charge in [0.15, 0.2) is 0 Å². The van der Waals surface area contributed by atoms with E-state index >= 15 is 0 Å². The molecule has 0 saturated heterocycles. The third kappa shape index (κ3) is 4.01. The van der Waals surface area contributed by atoms with Crippen LogP contribution in [0.5, 0.6) is 0 Å². The van der Waals surface area contributed by atoms with E-state index in [-0.39, 0.29) is 0 Å². The van der Waals surface area contributed by atoms with Gasteiger partial charge in [-0.25, -0.2) is 9.97 Å². The van der Waals surface area contributed by atoms with Gasteiger partial charge < -0.3 is 10.2 Å². The van der Waals surface area contributed by atoms with Crippen molar-refractivity contribution in [2.75, 3.05) is 18.9 Å². The number of hydrogen-bond acceptors (Lipinski definition) is 6. The fourth-order valence-corrected chi connectivity index (χ4v) is 6.14. The number of pyridine rings is 1. The van der Waals surface area contributed by atoms with E-state index in [9.17, 15) is 0 Å². The summed E-state index contributed by atoms with van der Waals surface area (Å²) in [6.07, 6.45) is 13.2. The van der Waals surface area contributed by atoms with Gasteiger partial charge in [0.2, 0.25) is 0 Å². The van der Waals surface area contributed by atoms with Crippen molar-refractivity contribution in [3.63, 3.8) is 0 Å². The van der Waals surface area contributed by atoms with Crippen LogP contribution in [0.4, 0.5) is 5.82 Å². The van der Waals surface area contributed by atoms with E-state index in [1.165, 1.54) is 66.5 Å². The third-order valence-electron chi connectivity index (χ3n) is 6.61. The van der Waals surface area contributed by atoms with Crippen LogP contribution < -0.4 is 5.32 Å². The summed E-state index contributed by atoms with van der Waals surface area (Å²) in [7, 11) is 2.27. The van der Waals surface area contributed by atoms with E-state index in [2.05, 4.69) is 44.3 Å². The Kier molecular flexibility index (Phi) is 5.46. The first-order valence-corrected chi connectivity index (χ1v) is 11.7. The van der Waals surface area contributed by atoms with Crippen LogP contribution in [-0.2, 0) is 19.3 Å². The van der Waals surface area contributed by atoms with E-state index in [1.807, 2.05) is 23.6 Å². The summed E-state index contributed by atoms with van der Waals surface area (Å²) < 4.78 is 0. The van der Waals surface area contributed by atoms with Crippen molar-refractivity contribution in [1.82, 2.24) is 19.9 Å². The number of nitrogens with zero attached hydrogens (tertiary/aromatic N) is 4. The number of rotatable bonds is 6. The highest BCUT2D eigenvalue weighted by atomic mass is 32.1. The second-order valence-corrected chi connectivity index (χ2v) is 9.54. The van der Waals surface area contributed by atoms with Gasteiger partial charge in [-0.05, 0) is 69.7 Å². The molecule has 5 nitrogen and oxygen atoms in total. The second kappa shape index (κ2) is 8.36. The molecule has 0 bridgehead atoms. The van der Waals surface area contributed by atoms with Gasteiger partial charge in [0.1, 0.15) is 17.0 Å². The number of nitrogens with one attached hydrogen (secondary N) is 1. The summed E-state index contributed by atoms with van der Waals surface area (Å²) in [5.41, 5.74) is 2.70. The van der Waals surface area contributed by atoms with Crippen molar-refractivity contribution in [1.29, 1.82) is 0 Å². The van der Waals surface area contributed by atoms with Crippen molar-refractivity contribution < 1.29 is 0 Å². The topological polar surface area (TPSA) is 53.9 Å². The minimum absolute atomic E-state index is 0.519. The fraction of sp³-hybridized carbons (Fsp3) is 0.522. The van der Waals surface area contributed by atoms with E-state index in [1.54, 1.807) is 6.33 Å². The molecular formula is C23H29N5S. The predicted octanol–water partition coefficient (Wildman–Crippen LogP) is 4.47. The SMILES string of the molecule is CN(CCc1ccccn1)C1CCC(Nc2ncnc3sc4c(c23)CCC4)CC1. The van der Waals surface area contributed by atoms with Gasteiger partial charge in [-0.2, -0.15) is 0 Å². The van der Waals surface area contributed by atoms with Crippen LogP contribution in [0, 0.1) is 0 Å². The van der Waals surface area contributed by atoms with Gasteiger partial charge in [-0.1, -0.05) is 6.07 Å². The van der Waals surface area contributed by atoms with Crippen molar-refractivity contribution in [3.8, 4) is 0 Å². The largest absolute Gasteiger partial charge is 0.367 e. The molecule has 0 atom stereocenters. The molecule has 2 aliphatic carbocycles. The third-order valence-corrected chi connectivity index (χ3v) is 7.81. The van der Waals surface area contributed by atoms with Crippen LogP contribution in [0.2, 0.25) is 0 Å². The number of aromatic nitrogens is 3. The van der Waals surface area contributed by atoms with Gasteiger partial charge in [-0.3, -0.25) is 4.98 Å². The van der Waals surface area contributed by atoms with Crippen LogP contribution in [0.1, 0.15) is 48.2 Å². The number of thiophene rings is 1. The quantitative estimate of drug-likeness (QED) is 0.653. The molecule has 0 aromatic carbocycles. The lowest BCUT2D eigenvalue weighted by Crippen LogP contribution is -2.39. The molecule has 152 valence electrons. The number of aryl methyl sites for hydroxylation is 2. The molecule has 6 heteroatoms. The minimum Gasteiger partial charge on any atom is -0.367 e. The van der Waals surface area contributed by atoms with Crippen LogP contribution in [0.15, 0.2) is 30.7 Å². The Morgan fingerprint density at radius 3 is 2.83 bits per heavy atom. The summed E-state index contributed by atoms with van der Waals surface area (Å²) in [6, 6.07) is 7.37. The standard InChI is InChI=1S/C23H29N5S/c1-28(14-12-16-5-2-3-13-24-16)18-10-8-17(9-11-18)27-22-21-19-6-4-7-20(19)29-23(21)26-15-25-22/h2-3,5,13,15,17-18H,4,6-12,14H2,1H3,(H,25,26,27). The molecular weight excluding hydrogens is 378 g/mol. The lowest BCUT2D eigenvalue weighted by molar-refractivity contribution is 0.188. The summed E-state index contributed by atoms with van der Waals surface area (Å²) in [6.45, 7) is 1.08. The molecule has 1 N–H and O–H groups in total. The predicted molar refractivity (Wildman–Crippen MR) is 120 cm³/mol. The Morgan fingerprint density at radius 2 is 2.00 bits per heavy atom. The maximum Gasteiger partial charge on any atom is 0.138 e. The van der Waals surface area contributed by atoms with Crippen molar-refractivity contribution in [2.24, 2.45) is 0 Å². The van der Waals surface area contributed by atoms with E-state index in [0.29, 0.717) is 12.1 Å². The molecule has 0 unspecified atom stereocenters. The first kappa shape index (κ1) is 18.9. The maximum atomic E-state index is 4.63. The molecule has 3 aromatic rings. The van der Waals surface area contributed by atoms with Crippen molar-refractivity contribution in [2.45, 2.75) is 63.5 Å². The number of fused-ring (bicyclic) bond motifs is 3. The summed E-state index contributed by atoms with van der Waals surface area (Å²) >= 11 is 1.87. The van der Waals surface area contributed by atoms with Gasteiger partial charge in [0, 0.05) is 41.8 Å². The lowest BCUT2D eigenvalue weighted by atomic mass is 9.90. The summed E-state index contributed by atoms with van der Waals surface area (Å²) in [5.74, 6) is 1.07. The van der Waals surface area contributed by atoms with E-state index in [4.69, 9.17) is 0 Å². The highest BCUT2D eigenvalue weighted by Crippen LogP contribution is 2.39. The Morgan fingerprint density at radius 1 is 1.10 bits per heavy atom. The zero-order valence-electron chi connectivity index (χ0n) is 17.1. The smallest absolute Gasteiger partial charge is 0.138 e. The number of likely N-dealkylation sites (N-methyl/N-ethyl adjacent to an activating group) is 1. The van der Waals surface area contributed by atoms with Crippen molar-refractivity contribution in [3.05, 3.63) is 46.9 Å². The normalized spacial score (nSPS) is 21.6. The lowest BCUT2D eigenvalue weighted by Gasteiger charge is -2.35. The Hall–Kier alpha value is -2.05. The molecule has 3 heterocycles. The average molecular weight is 408 g/mol. The van der Waals surface area contributed by atoms with Gasteiger partial charge in [0.25, 0.3) is 0 Å². The maximum absolute atomic E-state index is 4.63. The molecule has 2 aliphatic rings. The molecule has 29 heavy (non-hydrogen) atoms. The molecule has 1 saturated carbocycles. The highest BCUT2D eigenvalue weighted by molar-refractivity contribution is 7.19. The van der Waals surface area contributed by atoms with E-state index in [0.717, 1.165) is 23.6 Å². The van der Waals surface area contributed by atoms with Crippen LogP contribution in [-0.4, -0.2) is 45.5 Å². The molecule has 1 fully saturated rings. The fourth-order valence-electron chi connectivity index (χ4n) is 4.91. The van der Waals surface area contributed by atoms with Crippen molar-refractivity contribution >= 4 is 27.4 Å². The monoisotopic (exact) mass is 407 g/mol. The molecule has 0 radical (unpaired) electrons. The summed E-state index contributed by atoms with van der Waals surface area (Å²) in [4.78, 5) is 18.8. The highest BCUT2D eigenvalue weighted by Gasteiger charge is 2.26. The van der Waals surface area contributed by atoms with Gasteiger partial charge in [0.05, 0.1) is 5.39 Å². The van der Waals surface area contributed by atoms with Crippen LogP contribution in [0.3, 0.4) is 0 Å². The molecule has 3 aromatic heterocycles. The molecule has 0 spiro atoms. The summed E-state index contributed by atoms with van der Waals surface area (Å²) in [5, 5.41) is 5.09.